The van der Waals surface area contributed by atoms with Crippen LogP contribution in [0.25, 0.3) is 0 Å². The lowest BCUT2D eigenvalue weighted by atomic mass is 9.72. The molecule has 2 heterocycles. The van der Waals surface area contributed by atoms with Crippen molar-refractivity contribution in [3.8, 4) is 0 Å². The van der Waals surface area contributed by atoms with Crippen molar-refractivity contribution in [2.75, 3.05) is 26.7 Å². The van der Waals surface area contributed by atoms with Gasteiger partial charge in [0, 0.05) is 5.41 Å². The molecule has 2 aliphatic heterocycles. The van der Waals surface area contributed by atoms with E-state index in [2.05, 4.69) is 11.9 Å². The van der Waals surface area contributed by atoms with E-state index in [0.29, 0.717) is 0 Å². The molecular weight excluding hydrogens is 178 g/mol. The zero-order valence-electron chi connectivity index (χ0n) is 9.42. The Labute approximate surface area is 86.0 Å². The number of aliphatic hydroxyl groups is 1. The smallest absolute Gasteiger partial charge is 0.0903 e. The normalized spacial score (nSPS) is 36.4. The number of hydrogen-bond donors (Lipinski definition) is 1. The van der Waals surface area contributed by atoms with Crippen molar-refractivity contribution in [2.24, 2.45) is 5.41 Å². The van der Waals surface area contributed by atoms with E-state index in [1.165, 1.54) is 0 Å². The minimum absolute atomic E-state index is 0.0377. The Morgan fingerprint density at radius 2 is 1.86 bits per heavy atom. The predicted molar refractivity (Wildman–Crippen MR) is 55.2 cm³/mol. The van der Waals surface area contributed by atoms with E-state index < -0.39 is 0 Å². The summed E-state index contributed by atoms with van der Waals surface area (Å²) in [4.78, 5) is 2.32. The van der Waals surface area contributed by atoms with Crippen molar-refractivity contribution in [2.45, 2.75) is 38.4 Å². The highest BCUT2D eigenvalue weighted by molar-refractivity contribution is 5.03. The van der Waals surface area contributed by atoms with Crippen LogP contribution >= 0.6 is 0 Å². The first kappa shape index (κ1) is 10.4. The highest BCUT2D eigenvalue weighted by atomic mass is 16.5. The number of hydrogen-bond acceptors (Lipinski definition) is 3. The van der Waals surface area contributed by atoms with E-state index in [1.807, 2.05) is 13.8 Å². The fourth-order valence-electron chi connectivity index (χ4n) is 2.71. The first-order chi connectivity index (χ1) is 6.46. The Balaban J connectivity index is 2.11. The maximum absolute atomic E-state index is 10.3. The molecule has 3 heteroatoms. The average Bonchev–Trinajstić information content (AvgIpc) is 2.36. The van der Waals surface area contributed by atoms with Gasteiger partial charge in [0.05, 0.1) is 18.3 Å². The van der Waals surface area contributed by atoms with Crippen molar-refractivity contribution in [1.29, 1.82) is 0 Å². The molecule has 0 aromatic rings. The van der Waals surface area contributed by atoms with Crippen LogP contribution in [-0.2, 0) is 4.74 Å². The molecule has 2 saturated heterocycles. The molecule has 3 nitrogen and oxygen atoms in total. The summed E-state index contributed by atoms with van der Waals surface area (Å²) >= 11 is 0. The van der Waals surface area contributed by atoms with Crippen LogP contribution in [0.1, 0.15) is 26.7 Å². The predicted octanol–water partition coefficient (Wildman–Crippen LogP) is 0.868. The van der Waals surface area contributed by atoms with Gasteiger partial charge in [-0.3, -0.25) is 0 Å². The SMILES string of the molecule is CN1CCC2(CC1)COC(C)(C)C2O. The minimum atomic E-state index is -0.351. The van der Waals surface area contributed by atoms with Gasteiger partial charge in [0.25, 0.3) is 0 Å². The maximum Gasteiger partial charge on any atom is 0.0903 e. The number of nitrogens with zero attached hydrogens (tertiary/aromatic N) is 1. The van der Waals surface area contributed by atoms with E-state index in [4.69, 9.17) is 4.74 Å². The molecule has 0 saturated carbocycles. The van der Waals surface area contributed by atoms with Crippen molar-refractivity contribution in [3.05, 3.63) is 0 Å². The van der Waals surface area contributed by atoms with Gasteiger partial charge in [-0.2, -0.15) is 0 Å². The van der Waals surface area contributed by atoms with Crippen LogP contribution in [0.15, 0.2) is 0 Å². The summed E-state index contributed by atoms with van der Waals surface area (Å²) in [5.41, 5.74) is -0.314. The monoisotopic (exact) mass is 199 g/mol. The fraction of sp³-hybridized carbons (Fsp3) is 1.00. The number of aliphatic hydroxyl groups excluding tert-OH is 1. The largest absolute Gasteiger partial charge is 0.389 e. The van der Waals surface area contributed by atoms with Crippen molar-refractivity contribution in [3.63, 3.8) is 0 Å². The summed E-state index contributed by atoms with van der Waals surface area (Å²) in [7, 11) is 2.14. The van der Waals surface area contributed by atoms with Crippen LogP contribution in [0.2, 0.25) is 0 Å². The van der Waals surface area contributed by atoms with E-state index >= 15 is 0 Å². The zero-order valence-corrected chi connectivity index (χ0v) is 9.42. The lowest BCUT2D eigenvalue weighted by Crippen LogP contribution is -2.48. The van der Waals surface area contributed by atoms with E-state index in [0.717, 1.165) is 32.5 Å². The number of ether oxygens (including phenoxy) is 1. The summed E-state index contributed by atoms with van der Waals surface area (Å²) in [6.45, 7) is 6.87. The highest BCUT2D eigenvalue weighted by Crippen LogP contribution is 2.46. The molecule has 0 radical (unpaired) electrons. The second-order valence-corrected chi connectivity index (χ2v) is 5.46. The topological polar surface area (TPSA) is 32.7 Å². The van der Waals surface area contributed by atoms with Gasteiger partial charge in [-0.15, -0.1) is 0 Å². The first-order valence-corrected chi connectivity index (χ1v) is 5.47. The Morgan fingerprint density at radius 3 is 2.29 bits per heavy atom. The molecule has 0 bridgehead atoms. The van der Waals surface area contributed by atoms with Crippen molar-refractivity contribution in [1.82, 2.24) is 4.90 Å². The third kappa shape index (κ3) is 1.47. The minimum Gasteiger partial charge on any atom is -0.389 e. The molecule has 0 amide bonds. The van der Waals surface area contributed by atoms with Gasteiger partial charge in [-0.25, -0.2) is 0 Å². The molecule has 1 spiro atoms. The maximum atomic E-state index is 10.3. The van der Waals surface area contributed by atoms with Gasteiger partial charge in [-0.05, 0) is 46.8 Å². The molecular formula is C11H21NO2. The van der Waals surface area contributed by atoms with Gasteiger partial charge in [-0.1, -0.05) is 0 Å². The van der Waals surface area contributed by atoms with Gasteiger partial charge in [0.15, 0.2) is 0 Å². The quantitative estimate of drug-likeness (QED) is 0.628. The number of rotatable bonds is 0. The van der Waals surface area contributed by atoms with E-state index in [-0.39, 0.29) is 17.1 Å². The highest BCUT2D eigenvalue weighted by Gasteiger charge is 2.53. The molecule has 2 fully saturated rings. The van der Waals surface area contributed by atoms with Crippen molar-refractivity contribution >= 4 is 0 Å². The summed E-state index contributed by atoms with van der Waals surface area (Å²) < 4.78 is 5.71. The molecule has 0 aliphatic carbocycles. The molecule has 2 rings (SSSR count). The summed E-state index contributed by atoms with van der Waals surface area (Å²) in [5.74, 6) is 0. The molecule has 82 valence electrons. The summed E-state index contributed by atoms with van der Waals surface area (Å²) in [6.07, 6.45) is 1.83. The van der Waals surface area contributed by atoms with Gasteiger partial charge in [0.2, 0.25) is 0 Å². The fourth-order valence-corrected chi connectivity index (χ4v) is 2.71. The van der Waals surface area contributed by atoms with Crippen LogP contribution in [0, 0.1) is 5.41 Å². The van der Waals surface area contributed by atoms with E-state index in [9.17, 15) is 5.11 Å². The zero-order chi connectivity index (χ0) is 10.4. The Bertz CT molecular complexity index is 219. The van der Waals surface area contributed by atoms with Crippen LogP contribution < -0.4 is 0 Å². The first-order valence-electron chi connectivity index (χ1n) is 5.47. The van der Waals surface area contributed by atoms with Crippen LogP contribution in [-0.4, -0.2) is 48.5 Å². The molecule has 2 aliphatic rings. The second kappa shape index (κ2) is 3.19. The lowest BCUT2D eigenvalue weighted by Gasteiger charge is -2.40. The van der Waals surface area contributed by atoms with Gasteiger partial charge in [0.1, 0.15) is 0 Å². The van der Waals surface area contributed by atoms with Gasteiger partial charge < -0.3 is 14.7 Å². The van der Waals surface area contributed by atoms with Crippen LogP contribution in [0.5, 0.6) is 0 Å². The summed E-state index contributed by atoms with van der Waals surface area (Å²) in [6, 6.07) is 0. The third-order valence-corrected chi connectivity index (χ3v) is 3.95. The second-order valence-electron chi connectivity index (χ2n) is 5.46. The molecule has 1 unspecified atom stereocenters. The molecule has 1 N–H and O–H groups in total. The number of likely N-dealkylation sites (tertiary alicyclic amines) is 1. The Hall–Kier alpha value is -0.120. The standard InChI is InChI=1S/C11H21NO2/c1-10(2)9(13)11(8-14-10)4-6-12(3)7-5-11/h9,13H,4-8H2,1-3H3. The van der Waals surface area contributed by atoms with Crippen molar-refractivity contribution < 1.29 is 9.84 Å². The average molecular weight is 199 g/mol. The Kier molecular flexibility index (Phi) is 2.37. The molecule has 1 atom stereocenters. The third-order valence-electron chi connectivity index (χ3n) is 3.95. The molecule has 14 heavy (non-hydrogen) atoms. The number of piperidine rings is 1. The van der Waals surface area contributed by atoms with Gasteiger partial charge >= 0.3 is 0 Å². The van der Waals surface area contributed by atoms with Crippen LogP contribution in [0.4, 0.5) is 0 Å². The lowest BCUT2D eigenvalue weighted by molar-refractivity contribution is -0.0448. The van der Waals surface area contributed by atoms with E-state index in [1.54, 1.807) is 0 Å². The summed E-state index contributed by atoms with van der Waals surface area (Å²) in [5, 5.41) is 10.3. The Morgan fingerprint density at radius 1 is 1.29 bits per heavy atom. The molecule has 0 aromatic carbocycles. The molecule has 0 aromatic heterocycles. The van der Waals surface area contributed by atoms with Crippen LogP contribution in [0.3, 0.4) is 0 Å².